The van der Waals surface area contributed by atoms with E-state index < -0.39 is 6.09 Å². The van der Waals surface area contributed by atoms with Crippen molar-refractivity contribution >= 4 is 16.9 Å². The summed E-state index contributed by atoms with van der Waals surface area (Å²) in [6.07, 6.45) is 3.07. The summed E-state index contributed by atoms with van der Waals surface area (Å²) in [6.45, 7) is 18.0. The molecule has 0 unspecified atom stereocenters. The fourth-order valence-corrected chi connectivity index (χ4v) is 3.97. The second-order valence-electron chi connectivity index (χ2n) is 11.2. The highest BCUT2D eigenvalue weighted by Gasteiger charge is 2.31. The molecule has 0 fully saturated rings. The number of hydrogen-bond donors (Lipinski definition) is 1. The highest BCUT2D eigenvalue weighted by molar-refractivity contribution is 5.95. The van der Waals surface area contributed by atoms with Gasteiger partial charge in [0.05, 0.1) is 18.6 Å². The van der Waals surface area contributed by atoms with Crippen molar-refractivity contribution < 1.29 is 19.0 Å². The van der Waals surface area contributed by atoms with Crippen LogP contribution in [0.1, 0.15) is 86.6 Å². The molecule has 1 aromatic carbocycles. The van der Waals surface area contributed by atoms with Gasteiger partial charge in [0.2, 0.25) is 0 Å². The number of pyridine rings is 1. The second kappa shape index (κ2) is 11.8. The molecule has 0 bridgehead atoms. The average molecular weight is 489 g/mol. The van der Waals surface area contributed by atoms with E-state index in [-0.39, 0.29) is 22.3 Å². The van der Waals surface area contributed by atoms with E-state index in [2.05, 4.69) is 39.9 Å². The van der Waals surface area contributed by atoms with E-state index in [9.17, 15) is 9.59 Å². The van der Waals surface area contributed by atoms with Crippen LogP contribution in [0.15, 0.2) is 16.9 Å². The number of nitrogens with zero attached hydrogens (tertiary/aromatic N) is 1. The minimum Gasteiger partial charge on any atom is -0.493 e. The molecule has 0 saturated carbocycles. The van der Waals surface area contributed by atoms with Crippen LogP contribution in [0.3, 0.4) is 0 Å². The van der Waals surface area contributed by atoms with E-state index in [4.69, 9.17) is 14.2 Å². The summed E-state index contributed by atoms with van der Waals surface area (Å²) in [7, 11) is 1.49. The minimum atomic E-state index is -0.653. The van der Waals surface area contributed by atoms with Crippen LogP contribution in [0.2, 0.25) is 0 Å². The molecule has 0 radical (unpaired) electrons. The Labute approximate surface area is 210 Å². The van der Waals surface area contributed by atoms with Gasteiger partial charge in [-0.15, -0.1) is 0 Å². The number of carbonyl (C=O) groups excluding carboxylic acids is 1. The van der Waals surface area contributed by atoms with Crippen LogP contribution in [-0.4, -0.2) is 30.9 Å². The van der Waals surface area contributed by atoms with E-state index in [1.54, 1.807) is 0 Å². The van der Waals surface area contributed by atoms with Gasteiger partial charge >= 0.3 is 6.09 Å². The number of benzene rings is 1. The molecule has 196 valence electrons. The number of nitrogens with one attached hydrogen (secondary N) is 1. The zero-order valence-electron chi connectivity index (χ0n) is 23.1. The zero-order chi connectivity index (χ0) is 26.4. The molecule has 0 aliphatic heterocycles. The van der Waals surface area contributed by atoms with Crippen molar-refractivity contribution in [2.45, 2.75) is 93.0 Å². The van der Waals surface area contributed by atoms with E-state index in [0.29, 0.717) is 36.3 Å². The third kappa shape index (κ3) is 7.15. The molecule has 1 amide bonds. The first-order valence-corrected chi connectivity index (χ1v) is 12.7. The number of unbranched alkanes of at least 4 members (excludes halogenated alkanes) is 2. The maximum atomic E-state index is 13.9. The Bertz CT molecular complexity index is 1070. The Morgan fingerprint density at radius 3 is 2.09 bits per heavy atom. The molecule has 2 aromatic rings. The van der Waals surface area contributed by atoms with Gasteiger partial charge in [-0.05, 0) is 35.8 Å². The van der Waals surface area contributed by atoms with Gasteiger partial charge < -0.3 is 19.5 Å². The van der Waals surface area contributed by atoms with Crippen LogP contribution >= 0.6 is 0 Å². The molecule has 0 saturated heterocycles. The molecule has 0 spiro atoms. The number of fused-ring (bicyclic) bond motifs is 1. The van der Waals surface area contributed by atoms with Gasteiger partial charge in [0.25, 0.3) is 11.4 Å². The van der Waals surface area contributed by atoms with Crippen LogP contribution < -0.4 is 25.1 Å². The molecule has 0 atom stereocenters. The van der Waals surface area contributed by atoms with E-state index in [1.165, 1.54) is 11.6 Å². The molecule has 1 aromatic heterocycles. The lowest BCUT2D eigenvalue weighted by Gasteiger charge is -2.29. The third-order valence-electron chi connectivity index (χ3n) is 5.58. The van der Waals surface area contributed by atoms with E-state index in [1.807, 2.05) is 32.9 Å². The molecule has 0 aliphatic rings. The Kier molecular flexibility index (Phi) is 9.64. The van der Waals surface area contributed by atoms with Crippen LogP contribution in [0.5, 0.6) is 17.4 Å². The Morgan fingerprint density at radius 1 is 0.971 bits per heavy atom. The van der Waals surface area contributed by atoms with Crippen molar-refractivity contribution in [1.82, 2.24) is 9.88 Å². The summed E-state index contributed by atoms with van der Waals surface area (Å²) in [5, 5.41) is 3.67. The van der Waals surface area contributed by atoms with Crippen LogP contribution in [-0.2, 0) is 12.0 Å². The Morgan fingerprint density at radius 2 is 1.57 bits per heavy atom. The maximum absolute atomic E-state index is 13.9. The van der Waals surface area contributed by atoms with Gasteiger partial charge in [0.15, 0.2) is 5.75 Å². The normalized spacial score (nSPS) is 12.0. The van der Waals surface area contributed by atoms with Crippen LogP contribution in [0.25, 0.3) is 10.8 Å². The topological polar surface area (TPSA) is 78.8 Å². The van der Waals surface area contributed by atoms with Gasteiger partial charge in [-0.25, -0.2) is 4.79 Å². The first kappa shape index (κ1) is 28.5. The summed E-state index contributed by atoms with van der Waals surface area (Å²) < 4.78 is 19.8. The molecule has 7 heteroatoms. The highest BCUT2D eigenvalue weighted by atomic mass is 16.6. The summed E-state index contributed by atoms with van der Waals surface area (Å²) in [5.41, 5.74) is 0.0491. The SMILES string of the molecule is CCCCOc1ccc2c(=O)n(CC(C)(C)C)c(OC(=O)NC)c(OCCCC)c2c1C(C)(C)C. The fraction of sp³-hybridized carbons (Fsp3) is 0.643. The second-order valence-corrected chi connectivity index (χ2v) is 11.2. The van der Waals surface area contributed by atoms with Gasteiger partial charge in [-0.2, -0.15) is 0 Å². The number of aromatic nitrogens is 1. The van der Waals surface area contributed by atoms with Crippen molar-refractivity contribution in [3.05, 3.63) is 28.0 Å². The highest BCUT2D eigenvalue weighted by Crippen LogP contribution is 2.45. The Hall–Kier alpha value is -2.70. The number of amides is 1. The molecule has 35 heavy (non-hydrogen) atoms. The predicted octanol–water partition coefficient (Wildman–Crippen LogP) is 6.42. The molecule has 7 nitrogen and oxygen atoms in total. The first-order valence-electron chi connectivity index (χ1n) is 12.7. The predicted molar refractivity (Wildman–Crippen MR) is 142 cm³/mol. The number of carbonyl (C=O) groups is 1. The molecule has 0 aliphatic carbocycles. The van der Waals surface area contributed by atoms with Crippen LogP contribution in [0, 0.1) is 5.41 Å². The maximum Gasteiger partial charge on any atom is 0.413 e. The third-order valence-corrected chi connectivity index (χ3v) is 5.58. The largest absolute Gasteiger partial charge is 0.493 e. The first-order chi connectivity index (χ1) is 16.4. The van der Waals surface area contributed by atoms with Crippen molar-refractivity contribution in [2.24, 2.45) is 5.41 Å². The van der Waals surface area contributed by atoms with E-state index >= 15 is 0 Å². The fourth-order valence-electron chi connectivity index (χ4n) is 3.97. The smallest absolute Gasteiger partial charge is 0.413 e. The Balaban J connectivity index is 3.03. The standard InChI is InChI=1S/C28H44N2O5/c1-10-12-16-33-20-15-14-19-21(22(20)28(6,7)8)23(34-17-13-11-2)25(35-26(32)29-9)30(24(19)31)18-27(3,4)5/h14-15H,10-13,16-18H2,1-9H3,(H,29,32). The lowest BCUT2D eigenvalue weighted by molar-refractivity contribution is 0.190. The van der Waals surface area contributed by atoms with E-state index in [0.717, 1.165) is 37.0 Å². The van der Waals surface area contributed by atoms with Crippen molar-refractivity contribution in [2.75, 3.05) is 20.3 Å². The van der Waals surface area contributed by atoms with Crippen molar-refractivity contribution in [1.29, 1.82) is 0 Å². The summed E-state index contributed by atoms with van der Waals surface area (Å²) in [5.74, 6) is 1.26. The molecule has 1 N–H and O–H groups in total. The average Bonchev–Trinajstić information content (AvgIpc) is 2.76. The summed E-state index contributed by atoms with van der Waals surface area (Å²) in [6, 6.07) is 3.69. The van der Waals surface area contributed by atoms with Crippen molar-refractivity contribution in [3.8, 4) is 17.4 Å². The van der Waals surface area contributed by atoms with Gasteiger partial charge in [0.1, 0.15) is 5.75 Å². The molecular weight excluding hydrogens is 444 g/mol. The number of ether oxygens (including phenoxy) is 3. The zero-order valence-corrected chi connectivity index (χ0v) is 23.1. The number of hydrogen-bond acceptors (Lipinski definition) is 5. The number of rotatable bonds is 10. The van der Waals surface area contributed by atoms with Gasteiger partial charge in [-0.1, -0.05) is 68.2 Å². The summed E-state index contributed by atoms with van der Waals surface area (Å²) in [4.78, 5) is 26.3. The summed E-state index contributed by atoms with van der Waals surface area (Å²) >= 11 is 0. The quantitative estimate of drug-likeness (QED) is 0.390. The van der Waals surface area contributed by atoms with Crippen molar-refractivity contribution in [3.63, 3.8) is 0 Å². The molecular formula is C28H44N2O5. The molecule has 2 rings (SSSR count). The lowest BCUT2D eigenvalue weighted by Crippen LogP contribution is -2.32. The minimum absolute atomic E-state index is 0.129. The monoisotopic (exact) mass is 488 g/mol. The van der Waals surface area contributed by atoms with Gasteiger partial charge in [0, 0.05) is 24.5 Å². The van der Waals surface area contributed by atoms with Crippen LogP contribution in [0.4, 0.5) is 4.79 Å². The molecule has 1 heterocycles. The van der Waals surface area contributed by atoms with Gasteiger partial charge in [-0.3, -0.25) is 9.36 Å². The lowest BCUT2D eigenvalue weighted by atomic mass is 9.82.